The van der Waals surface area contributed by atoms with Crippen LogP contribution in [0.1, 0.15) is 5.56 Å². The standard InChI is InChI=1S/C15H17N3O4/c1-17(2)11-6-4-10(5-7-11)8-12-14(20)18(15(21)16-12)9-13(19)22-3/h4-8H,9H2,1-3H3,(H,16,21)/b12-8+. The van der Waals surface area contributed by atoms with Crippen LogP contribution in [0.2, 0.25) is 0 Å². The normalized spacial score (nSPS) is 16.0. The molecule has 0 aromatic heterocycles. The van der Waals surface area contributed by atoms with Gasteiger partial charge in [-0.1, -0.05) is 12.1 Å². The third kappa shape index (κ3) is 3.25. The number of urea groups is 1. The number of carbonyl (C=O) groups is 3. The second-order valence-electron chi connectivity index (χ2n) is 4.94. The van der Waals surface area contributed by atoms with Crippen molar-refractivity contribution >= 4 is 29.7 Å². The summed E-state index contributed by atoms with van der Waals surface area (Å²) in [4.78, 5) is 37.8. The summed E-state index contributed by atoms with van der Waals surface area (Å²) in [6.45, 7) is -0.405. The minimum atomic E-state index is -0.653. The molecule has 1 aliphatic heterocycles. The highest BCUT2D eigenvalue weighted by atomic mass is 16.5. The Morgan fingerprint density at radius 2 is 1.91 bits per heavy atom. The Kier molecular flexibility index (Phi) is 4.45. The van der Waals surface area contributed by atoms with E-state index in [1.807, 2.05) is 43.3 Å². The van der Waals surface area contributed by atoms with E-state index in [-0.39, 0.29) is 5.70 Å². The predicted molar refractivity (Wildman–Crippen MR) is 81.0 cm³/mol. The third-order valence-electron chi connectivity index (χ3n) is 3.20. The molecule has 1 aliphatic rings. The molecule has 1 saturated heterocycles. The van der Waals surface area contributed by atoms with Gasteiger partial charge in [0.2, 0.25) is 0 Å². The van der Waals surface area contributed by atoms with Gasteiger partial charge >= 0.3 is 12.0 Å². The van der Waals surface area contributed by atoms with Crippen molar-refractivity contribution in [1.29, 1.82) is 0 Å². The summed E-state index contributed by atoms with van der Waals surface area (Å²) in [7, 11) is 5.06. The first kappa shape index (κ1) is 15.6. The number of hydrogen-bond donors (Lipinski definition) is 1. The van der Waals surface area contributed by atoms with Gasteiger partial charge < -0.3 is 15.0 Å². The van der Waals surface area contributed by atoms with Crippen LogP contribution in [0.3, 0.4) is 0 Å². The van der Waals surface area contributed by atoms with Crippen molar-refractivity contribution in [3.63, 3.8) is 0 Å². The van der Waals surface area contributed by atoms with E-state index in [2.05, 4.69) is 10.1 Å². The Morgan fingerprint density at radius 1 is 1.27 bits per heavy atom. The Hall–Kier alpha value is -2.83. The highest BCUT2D eigenvalue weighted by molar-refractivity contribution is 6.15. The number of hydrogen-bond acceptors (Lipinski definition) is 5. The van der Waals surface area contributed by atoms with Crippen molar-refractivity contribution in [3.8, 4) is 0 Å². The summed E-state index contributed by atoms with van der Waals surface area (Å²) in [6.07, 6.45) is 1.57. The summed E-state index contributed by atoms with van der Waals surface area (Å²) in [5.41, 5.74) is 1.93. The van der Waals surface area contributed by atoms with Crippen LogP contribution in [0.15, 0.2) is 30.0 Å². The van der Waals surface area contributed by atoms with E-state index in [9.17, 15) is 14.4 Å². The fourth-order valence-corrected chi connectivity index (χ4v) is 1.94. The first-order chi connectivity index (χ1) is 10.4. The fourth-order valence-electron chi connectivity index (χ4n) is 1.94. The van der Waals surface area contributed by atoms with Crippen LogP contribution in [0, 0.1) is 0 Å². The predicted octanol–water partition coefficient (Wildman–Crippen LogP) is 0.818. The lowest BCUT2D eigenvalue weighted by Gasteiger charge is -2.11. The molecule has 1 fully saturated rings. The number of ether oxygens (including phenoxy) is 1. The maximum absolute atomic E-state index is 12.1. The molecule has 22 heavy (non-hydrogen) atoms. The van der Waals surface area contributed by atoms with Gasteiger partial charge in [0.15, 0.2) is 0 Å². The van der Waals surface area contributed by atoms with E-state index in [4.69, 9.17) is 0 Å². The van der Waals surface area contributed by atoms with Crippen molar-refractivity contribution in [2.45, 2.75) is 0 Å². The monoisotopic (exact) mass is 303 g/mol. The van der Waals surface area contributed by atoms with Crippen LogP contribution in [-0.4, -0.2) is 50.6 Å². The molecule has 7 heteroatoms. The SMILES string of the molecule is COC(=O)CN1C(=O)N/C(=C/c2ccc(N(C)C)cc2)C1=O. The molecule has 0 atom stereocenters. The molecule has 1 aromatic carbocycles. The second-order valence-corrected chi connectivity index (χ2v) is 4.94. The summed E-state index contributed by atoms with van der Waals surface area (Å²) in [6, 6.07) is 6.85. The number of amides is 3. The third-order valence-corrected chi connectivity index (χ3v) is 3.20. The number of nitrogens with one attached hydrogen (secondary N) is 1. The molecule has 1 N–H and O–H groups in total. The number of carbonyl (C=O) groups excluding carboxylic acids is 3. The van der Waals surface area contributed by atoms with E-state index in [0.717, 1.165) is 16.2 Å². The molecule has 0 aliphatic carbocycles. The van der Waals surface area contributed by atoms with Gasteiger partial charge in [-0.3, -0.25) is 9.59 Å². The number of esters is 1. The average molecular weight is 303 g/mol. The summed E-state index contributed by atoms with van der Waals surface area (Å²) in [5, 5.41) is 2.45. The molecule has 0 unspecified atom stereocenters. The minimum absolute atomic E-state index is 0.131. The summed E-state index contributed by atoms with van der Waals surface area (Å²) < 4.78 is 4.46. The second kappa shape index (κ2) is 6.30. The van der Waals surface area contributed by atoms with Crippen LogP contribution in [0.25, 0.3) is 6.08 Å². The maximum Gasteiger partial charge on any atom is 0.329 e. The van der Waals surface area contributed by atoms with Gasteiger partial charge in [-0.25, -0.2) is 9.69 Å². The largest absolute Gasteiger partial charge is 0.468 e. The van der Waals surface area contributed by atoms with Gasteiger partial charge in [0.25, 0.3) is 5.91 Å². The average Bonchev–Trinajstić information content (AvgIpc) is 2.75. The van der Waals surface area contributed by atoms with Crippen molar-refractivity contribution in [3.05, 3.63) is 35.5 Å². The Morgan fingerprint density at radius 3 is 2.45 bits per heavy atom. The number of nitrogens with zero attached hydrogens (tertiary/aromatic N) is 2. The van der Waals surface area contributed by atoms with Crippen LogP contribution in [0.5, 0.6) is 0 Å². The Bertz CT molecular complexity index is 635. The molecule has 0 bridgehead atoms. The lowest BCUT2D eigenvalue weighted by atomic mass is 10.1. The lowest BCUT2D eigenvalue weighted by Crippen LogP contribution is -2.36. The van der Waals surface area contributed by atoms with E-state index in [1.165, 1.54) is 7.11 Å². The van der Waals surface area contributed by atoms with E-state index >= 15 is 0 Å². The fraction of sp³-hybridized carbons (Fsp3) is 0.267. The molecule has 0 saturated carbocycles. The molecule has 0 radical (unpaired) electrons. The molecule has 3 amide bonds. The first-order valence-corrected chi connectivity index (χ1v) is 6.61. The molecule has 1 heterocycles. The van der Waals surface area contributed by atoms with Gasteiger partial charge in [0.05, 0.1) is 7.11 Å². The molecule has 116 valence electrons. The highest BCUT2D eigenvalue weighted by Crippen LogP contribution is 2.17. The molecular weight excluding hydrogens is 286 g/mol. The number of imide groups is 1. The van der Waals surface area contributed by atoms with Crippen LogP contribution in [-0.2, 0) is 14.3 Å². The van der Waals surface area contributed by atoms with Gasteiger partial charge in [0.1, 0.15) is 12.2 Å². The molecule has 0 spiro atoms. The lowest BCUT2D eigenvalue weighted by molar-refractivity contribution is -0.143. The number of methoxy groups -OCH3 is 1. The smallest absolute Gasteiger partial charge is 0.329 e. The van der Waals surface area contributed by atoms with Gasteiger partial charge in [-0.15, -0.1) is 0 Å². The van der Waals surface area contributed by atoms with E-state index < -0.39 is 24.5 Å². The van der Waals surface area contributed by atoms with Crippen LogP contribution >= 0.6 is 0 Å². The quantitative estimate of drug-likeness (QED) is 0.506. The number of anilines is 1. The minimum Gasteiger partial charge on any atom is -0.468 e. The highest BCUT2D eigenvalue weighted by Gasteiger charge is 2.35. The molecule has 1 aromatic rings. The summed E-state index contributed by atoms with van der Waals surface area (Å²) >= 11 is 0. The first-order valence-electron chi connectivity index (χ1n) is 6.61. The van der Waals surface area contributed by atoms with Crippen LogP contribution < -0.4 is 10.2 Å². The Balaban J connectivity index is 2.17. The Labute approximate surface area is 128 Å². The van der Waals surface area contributed by atoms with Gasteiger partial charge in [-0.2, -0.15) is 0 Å². The topological polar surface area (TPSA) is 79.0 Å². The zero-order valence-corrected chi connectivity index (χ0v) is 12.6. The van der Waals surface area contributed by atoms with Crippen LogP contribution in [0.4, 0.5) is 10.5 Å². The van der Waals surface area contributed by atoms with E-state index in [1.54, 1.807) is 6.08 Å². The van der Waals surface area contributed by atoms with Crippen molar-refractivity contribution in [1.82, 2.24) is 10.2 Å². The van der Waals surface area contributed by atoms with Gasteiger partial charge in [0, 0.05) is 19.8 Å². The zero-order valence-electron chi connectivity index (χ0n) is 12.6. The summed E-state index contributed by atoms with van der Waals surface area (Å²) in [5.74, 6) is -1.20. The van der Waals surface area contributed by atoms with Crippen molar-refractivity contribution in [2.24, 2.45) is 0 Å². The van der Waals surface area contributed by atoms with E-state index in [0.29, 0.717) is 0 Å². The molecular formula is C15H17N3O4. The maximum atomic E-state index is 12.1. The van der Waals surface area contributed by atoms with Crippen molar-refractivity contribution < 1.29 is 19.1 Å². The number of rotatable bonds is 4. The molecule has 2 rings (SSSR count). The van der Waals surface area contributed by atoms with Gasteiger partial charge in [-0.05, 0) is 23.8 Å². The van der Waals surface area contributed by atoms with Crippen molar-refractivity contribution in [2.75, 3.05) is 32.6 Å². The zero-order chi connectivity index (χ0) is 16.3. The molecule has 7 nitrogen and oxygen atoms in total. The number of benzene rings is 1.